The molecule has 23 heavy (non-hydrogen) atoms. The number of hydrogen-bond donors (Lipinski definition) is 0. The van der Waals surface area contributed by atoms with Crippen LogP contribution in [0.15, 0.2) is 0 Å². The summed E-state index contributed by atoms with van der Waals surface area (Å²) >= 11 is 0. The van der Waals surface area contributed by atoms with Crippen LogP contribution in [0.3, 0.4) is 0 Å². The van der Waals surface area contributed by atoms with Gasteiger partial charge in [0.15, 0.2) is 9.84 Å². The number of carbonyl (C=O) groups excluding carboxylic acids is 1. The number of rotatable bonds is 12. The fraction of sp³-hybridized carbons (Fsp3) is 0.941. The monoisotopic (exact) mass is 347 g/mol. The highest BCUT2D eigenvalue weighted by atomic mass is 32.2. The van der Waals surface area contributed by atoms with Crippen LogP contribution in [0.2, 0.25) is 0 Å². The Morgan fingerprint density at radius 2 is 1.52 bits per heavy atom. The average molecular weight is 348 g/mol. The van der Waals surface area contributed by atoms with E-state index in [9.17, 15) is 13.2 Å². The minimum Gasteiger partial charge on any atom is -0.466 e. The van der Waals surface area contributed by atoms with Crippen LogP contribution in [-0.4, -0.2) is 57.0 Å². The molecule has 0 unspecified atom stereocenters. The second kappa shape index (κ2) is 11.8. The fourth-order valence-corrected chi connectivity index (χ4v) is 3.99. The second-order valence-corrected chi connectivity index (χ2v) is 8.74. The van der Waals surface area contributed by atoms with Crippen LogP contribution in [0.4, 0.5) is 0 Å². The lowest BCUT2D eigenvalue weighted by Gasteiger charge is -2.25. The highest BCUT2D eigenvalue weighted by molar-refractivity contribution is 7.91. The lowest BCUT2D eigenvalue weighted by Crippen LogP contribution is -2.41. The second-order valence-electron chi connectivity index (χ2n) is 6.44. The van der Waals surface area contributed by atoms with Gasteiger partial charge in [0.05, 0.1) is 24.5 Å². The van der Waals surface area contributed by atoms with E-state index in [0.717, 1.165) is 12.8 Å². The maximum atomic E-state index is 11.7. The maximum Gasteiger partial charge on any atom is 0.307 e. The third-order valence-electron chi connectivity index (χ3n) is 4.33. The summed E-state index contributed by atoms with van der Waals surface area (Å²) in [6.07, 6.45) is 10.2. The third kappa shape index (κ3) is 10.7. The van der Waals surface area contributed by atoms with Crippen molar-refractivity contribution in [1.82, 2.24) is 4.90 Å². The van der Waals surface area contributed by atoms with Crippen molar-refractivity contribution in [3.05, 3.63) is 0 Å². The summed E-state index contributed by atoms with van der Waals surface area (Å²) in [5.74, 6) is 0.252. The summed E-state index contributed by atoms with van der Waals surface area (Å²) in [4.78, 5) is 13.7. The number of sulfone groups is 1. The van der Waals surface area contributed by atoms with E-state index in [0.29, 0.717) is 32.7 Å². The van der Waals surface area contributed by atoms with Crippen molar-refractivity contribution in [2.24, 2.45) is 0 Å². The van der Waals surface area contributed by atoms with Gasteiger partial charge >= 0.3 is 5.97 Å². The Bertz CT molecular complexity index is 408. The van der Waals surface area contributed by atoms with E-state index in [1.165, 1.54) is 38.5 Å². The van der Waals surface area contributed by atoms with E-state index in [4.69, 9.17) is 4.74 Å². The SMILES string of the molecule is CCCCCCCCCCOC(=O)CCN1CCS(=O)(=O)CC1. The van der Waals surface area contributed by atoms with Crippen molar-refractivity contribution in [2.45, 2.75) is 64.7 Å². The van der Waals surface area contributed by atoms with Gasteiger partial charge in [0.2, 0.25) is 0 Å². The third-order valence-corrected chi connectivity index (χ3v) is 5.94. The van der Waals surface area contributed by atoms with Gasteiger partial charge in [-0.25, -0.2) is 8.42 Å². The summed E-state index contributed by atoms with van der Waals surface area (Å²) in [5.41, 5.74) is 0. The quantitative estimate of drug-likeness (QED) is 0.401. The molecule has 1 rings (SSSR count). The van der Waals surface area contributed by atoms with Gasteiger partial charge in [-0.2, -0.15) is 0 Å². The molecule has 1 heterocycles. The zero-order valence-electron chi connectivity index (χ0n) is 14.6. The highest BCUT2D eigenvalue weighted by Gasteiger charge is 2.21. The zero-order valence-corrected chi connectivity index (χ0v) is 15.4. The summed E-state index contributed by atoms with van der Waals surface area (Å²) < 4.78 is 27.9. The Kier molecular flexibility index (Phi) is 10.5. The summed E-state index contributed by atoms with van der Waals surface area (Å²) in [5, 5.41) is 0. The van der Waals surface area contributed by atoms with Crippen molar-refractivity contribution >= 4 is 15.8 Å². The van der Waals surface area contributed by atoms with Crippen molar-refractivity contribution in [3.8, 4) is 0 Å². The molecule has 0 aromatic carbocycles. The molecule has 0 spiro atoms. The van der Waals surface area contributed by atoms with Gasteiger partial charge in [0.25, 0.3) is 0 Å². The molecule has 0 atom stereocenters. The Morgan fingerprint density at radius 1 is 0.957 bits per heavy atom. The van der Waals surface area contributed by atoms with E-state index >= 15 is 0 Å². The number of esters is 1. The van der Waals surface area contributed by atoms with E-state index in [1.54, 1.807) is 0 Å². The van der Waals surface area contributed by atoms with Crippen LogP contribution in [-0.2, 0) is 19.4 Å². The molecule has 0 saturated carbocycles. The molecule has 0 aromatic rings. The molecule has 0 aromatic heterocycles. The van der Waals surface area contributed by atoms with Gasteiger partial charge < -0.3 is 9.64 Å². The Balaban J connectivity index is 1.91. The molecule has 1 saturated heterocycles. The standard InChI is InChI=1S/C17H33NO4S/c1-2-3-4-5-6-7-8-9-14-22-17(19)10-11-18-12-15-23(20,21)16-13-18/h2-16H2,1H3. The molecular formula is C17H33NO4S. The number of hydrogen-bond acceptors (Lipinski definition) is 5. The first-order chi connectivity index (χ1) is 11.0. The van der Waals surface area contributed by atoms with Crippen LogP contribution in [0.25, 0.3) is 0 Å². The van der Waals surface area contributed by atoms with Crippen molar-refractivity contribution in [2.75, 3.05) is 37.7 Å². The topological polar surface area (TPSA) is 63.7 Å². The van der Waals surface area contributed by atoms with Crippen LogP contribution >= 0.6 is 0 Å². The molecule has 1 fully saturated rings. The molecule has 0 radical (unpaired) electrons. The number of nitrogens with zero attached hydrogens (tertiary/aromatic N) is 1. The molecule has 1 aliphatic rings. The van der Waals surface area contributed by atoms with Crippen molar-refractivity contribution in [1.29, 1.82) is 0 Å². The smallest absolute Gasteiger partial charge is 0.307 e. The molecule has 0 bridgehead atoms. The predicted octanol–water partition coefficient (Wildman–Crippen LogP) is 2.79. The first kappa shape index (κ1) is 20.4. The van der Waals surface area contributed by atoms with E-state index in [-0.39, 0.29) is 17.5 Å². The molecule has 1 aliphatic heterocycles. The van der Waals surface area contributed by atoms with E-state index < -0.39 is 9.84 Å². The molecule has 0 amide bonds. The first-order valence-electron chi connectivity index (χ1n) is 9.12. The van der Waals surface area contributed by atoms with Crippen molar-refractivity contribution in [3.63, 3.8) is 0 Å². The summed E-state index contributed by atoms with van der Waals surface area (Å²) in [7, 11) is -2.84. The van der Waals surface area contributed by atoms with Gasteiger partial charge in [0.1, 0.15) is 0 Å². The van der Waals surface area contributed by atoms with Crippen LogP contribution < -0.4 is 0 Å². The predicted molar refractivity (Wildman–Crippen MR) is 93.3 cm³/mol. The fourth-order valence-electron chi connectivity index (χ4n) is 2.72. The Labute approximate surface area is 141 Å². The van der Waals surface area contributed by atoms with E-state index in [2.05, 4.69) is 6.92 Å². The largest absolute Gasteiger partial charge is 0.466 e. The minimum atomic E-state index is -2.84. The van der Waals surface area contributed by atoms with Crippen LogP contribution in [0.1, 0.15) is 64.7 Å². The molecule has 0 aliphatic carbocycles. The molecule has 6 heteroatoms. The lowest BCUT2D eigenvalue weighted by molar-refractivity contribution is -0.144. The molecule has 0 N–H and O–H groups in total. The molecule has 136 valence electrons. The maximum absolute atomic E-state index is 11.7. The summed E-state index contributed by atoms with van der Waals surface area (Å²) in [6, 6.07) is 0. The highest BCUT2D eigenvalue weighted by Crippen LogP contribution is 2.09. The van der Waals surface area contributed by atoms with Crippen molar-refractivity contribution < 1.29 is 17.9 Å². The summed E-state index contributed by atoms with van der Waals surface area (Å²) in [6.45, 7) is 4.41. The number of unbranched alkanes of at least 4 members (excludes halogenated alkanes) is 7. The Morgan fingerprint density at radius 3 is 2.13 bits per heavy atom. The Hall–Kier alpha value is -0.620. The average Bonchev–Trinajstić information content (AvgIpc) is 2.52. The van der Waals surface area contributed by atoms with Gasteiger partial charge in [-0.1, -0.05) is 51.9 Å². The number of carbonyl (C=O) groups is 1. The van der Waals surface area contributed by atoms with E-state index in [1.807, 2.05) is 4.90 Å². The van der Waals surface area contributed by atoms with Crippen LogP contribution in [0.5, 0.6) is 0 Å². The van der Waals surface area contributed by atoms with Gasteiger partial charge in [0, 0.05) is 19.6 Å². The lowest BCUT2D eigenvalue weighted by atomic mass is 10.1. The minimum absolute atomic E-state index is 0.165. The first-order valence-corrected chi connectivity index (χ1v) is 10.9. The number of ether oxygens (including phenoxy) is 1. The van der Waals surface area contributed by atoms with Gasteiger partial charge in [-0.05, 0) is 6.42 Å². The normalized spacial score (nSPS) is 18.0. The van der Waals surface area contributed by atoms with Gasteiger partial charge in [-0.3, -0.25) is 4.79 Å². The van der Waals surface area contributed by atoms with Gasteiger partial charge in [-0.15, -0.1) is 0 Å². The van der Waals surface area contributed by atoms with Crippen LogP contribution in [0, 0.1) is 0 Å². The zero-order chi connectivity index (χ0) is 17.0. The molecular weight excluding hydrogens is 314 g/mol. The molecule has 5 nitrogen and oxygen atoms in total.